The number of benzene rings is 2. The van der Waals surface area contributed by atoms with Crippen LogP contribution >= 0.6 is 19.2 Å². The molecule has 0 aromatic heterocycles. The van der Waals surface area contributed by atoms with Crippen LogP contribution in [0.15, 0.2) is 42.5 Å². The molecule has 1 atom stereocenters. The van der Waals surface area contributed by atoms with E-state index in [-0.39, 0.29) is 12.5 Å². The minimum absolute atomic E-state index is 0.0163. The Bertz CT molecular complexity index is 1150. The van der Waals surface area contributed by atoms with Crippen LogP contribution < -0.4 is 20.9 Å². The molecule has 0 radical (unpaired) electrons. The van der Waals surface area contributed by atoms with Crippen LogP contribution in [0.3, 0.4) is 0 Å². The van der Waals surface area contributed by atoms with E-state index in [4.69, 9.17) is 25.4 Å². The van der Waals surface area contributed by atoms with Crippen LogP contribution in [0.25, 0.3) is 0 Å². The molecule has 3 rings (SSSR count). The van der Waals surface area contributed by atoms with Gasteiger partial charge in [-0.1, -0.05) is 11.6 Å². The van der Waals surface area contributed by atoms with Gasteiger partial charge in [0, 0.05) is 42.8 Å². The molecule has 4 amide bonds. The summed E-state index contributed by atoms with van der Waals surface area (Å²) in [7, 11) is -1.27. The van der Waals surface area contributed by atoms with E-state index in [1.807, 2.05) is 6.92 Å². The molecule has 1 saturated heterocycles. The monoisotopic (exact) mass is 538 g/mol. The van der Waals surface area contributed by atoms with Gasteiger partial charge in [-0.15, -0.1) is 0 Å². The van der Waals surface area contributed by atoms with Crippen molar-refractivity contribution in [3.05, 3.63) is 53.1 Å². The Balaban J connectivity index is 1.75. The van der Waals surface area contributed by atoms with Crippen LogP contribution in [0, 0.1) is 6.92 Å². The third kappa shape index (κ3) is 7.28. The number of aryl methyl sites for hydroxylation is 1. The first-order valence-electron chi connectivity index (χ1n) is 11.0. The Morgan fingerprint density at radius 2 is 1.78 bits per heavy atom. The molecule has 1 aliphatic rings. The highest BCUT2D eigenvalue weighted by atomic mass is 35.5. The highest BCUT2D eigenvalue weighted by molar-refractivity contribution is 7.53. The van der Waals surface area contributed by atoms with E-state index in [1.165, 1.54) is 14.2 Å². The molecule has 0 saturated carbocycles. The highest BCUT2D eigenvalue weighted by Gasteiger charge is 2.33. The van der Waals surface area contributed by atoms with Crippen molar-refractivity contribution in [2.24, 2.45) is 0 Å². The number of ether oxygens (including phenoxy) is 1. The number of halogens is 1. The number of nitrogens with zero attached hydrogens (tertiary/aromatic N) is 1. The van der Waals surface area contributed by atoms with E-state index in [0.717, 1.165) is 5.56 Å². The third-order valence-corrected chi connectivity index (χ3v) is 7.60. The third-order valence-electron chi connectivity index (χ3n) is 5.43. The van der Waals surface area contributed by atoms with Crippen molar-refractivity contribution in [1.82, 2.24) is 5.32 Å². The number of rotatable bonds is 9. The summed E-state index contributed by atoms with van der Waals surface area (Å²) in [5.74, 6) is -0.780. The first kappa shape index (κ1) is 27.6. The lowest BCUT2D eigenvalue weighted by Crippen LogP contribution is -2.47. The fourth-order valence-electron chi connectivity index (χ4n) is 3.54. The zero-order valence-electron chi connectivity index (χ0n) is 20.1. The molecule has 3 N–H and O–H groups in total. The van der Waals surface area contributed by atoms with Gasteiger partial charge in [0.05, 0.1) is 12.8 Å². The Morgan fingerprint density at radius 3 is 2.39 bits per heavy atom. The number of nitrogens with one attached hydrogen (secondary N) is 3. The van der Waals surface area contributed by atoms with E-state index in [9.17, 15) is 18.9 Å². The number of carbonyl (C=O) groups is 3. The molecule has 1 fully saturated rings. The van der Waals surface area contributed by atoms with Crippen molar-refractivity contribution < 1.29 is 32.7 Å². The van der Waals surface area contributed by atoms with Crippen molar-refractivity contribution in [3.63, 3.8) is 0 Å². The van der Waals surface area contributed by atoms with Crippen molar-refractivity contribution in [2.75, 3.05) is 55.7 Å². The fraction of sp³-hybridized carbons (Fsp3) is 0.348. The normalized spacial score (nSPS) is 14.8. The van der Waals surface area contributed by atoms with Gasteiger partial charge < -0.3 is 34.6 Å². The van der Waals surface area contributed by atoms with E-state index >= 15 is 0 Å². The lowest BCUT2D eigenvalue weighted by Gasteiger charge is -2.28. The molecule has 2 aromatic rings. The zero-order chi connectivity index (χ0) is 26.3. The number of hydrogen-bond acceptors (Lipinski definition) is 7. The minimum Gasteiger partial charge on any atom is -0.370 e. The number of anilines is 3. The van der Waals surface area contributed by atoms with Gasteiger partial charge in [0.15, 0.2) is 0 Å². The zero-order valence-corrected chi connectivity index (χ0v) is 21.7. The standard InChI is InChI=1S/C23H28ClN4O7P/c1-15-12-18(8-9-20(15)28-10-11-35-13-21(28)29)25-22(30)19(14-36(32,33-2)34-3)27-23(31)26-17-6-4-16(24)5-7-17/h4-9,12,19H,10-11,13-14H2,1-3H3,(H,25,30)(H2,26,27,31)/t19-/m1/s1. The smallest absolute Gasteiger partial charge is 0.332 e. The largest absolute Gasteiger partial charge is 0.370 e. The summed E-state index contributed by atoms with van der Waals surface area (Å²) in [6.45, 7) is 2.70. The molecule has 1 aliphatic heterocycles. The molecule has 0 aliphatic carbocycles. The van der Waals surface area contributed by atoms with Gasteiger partial charge in [0.1, 0.15) is 12.6 Å². The number of morpholine rings is 1. The van der Waals surface area contributed by atoms with Gasteiger partial charge in [-0.25, -0.2) is 4.79 Å². The first-order valence-corrected chi connectivity index (χ1v) is 13.1. The maximum atomic E-state index is 13.1. The summed E-state index contributed by atoms with van der Waals surface area (Å²) in [5.41, 5.74) is 2.34. The van der Waals surface area contributed by atoms with Crippen molar-refractivity contribution >= 4 is 54.1 Å². The summed E-state index contributed by atoms with van der Waals surface area (Å²) >= 11 is 5.86. The summed E-state index contributed by atoms with van der Waals surface area (Å²) in [6, 6.07) is 9.49. The molecule has 194 valence electrons. The van der Waals surface area contributed by atoms with Crippen LogP contribution in [0.2, 0.25) is 5.02 Å². The maximum absolute atomic E-state index is 13.1. The Hall–Kier alpha value is -2.95. The van der Waals surface area contributed by atoms with Gasteiger partial charge in [0.25, 0.3) is 5.91 Å². The number of carbonyl (C=O) groups excluding carboxylic acids is 3. The second kappa shape index (κ2) is 12.3. The average Bonchev–Trinajstić information content (AvgIpc) is 2.85. The predicted octanol–water partition coefficient (Wildman–Crippen LogP) is 3.63. The number of urea groups is 1. The summed E-state index contributed by atoms with van der Waals surface area (Å²) in [6.07, 6.45) is -0.404. The number of hydrogen-bond donors (Lipinski definition) is 3. The molecule has 36 heavy (non-hydrogen) atoms. The van der Waals surface area contributed by atoms with Gasteiger partial charge >= 0.3 is 13.6 Å². The topological polar surface area (TPSA) is 135 Å². The van der Waals surface area contributed by atoms with Crippen LogP contribution in [0.1, 0.15) is 5.56 Å². The molecule has 2 aromatic carbocycles. The quantitative estimate of drug-likeness (QED) is 0.415. The Kier molecular flexibility index (Phi) is 9.47. The predicted molar refractivity (Wildman–Crippen MR) is 137 cm³/mol. The van der Waals surface area contributed by atoms with Crippen molar-refractivity contribution in [3.8, 4) is 0 Å². The lowest BCUT2D eigenvalue weighted by molar-refractivity contribution is -0.125. The number of amides is 4. The second-order valence-corrected chi connectivity index (χ2v) is 10.7. The summed E-state index contributed by atoms with van der Waals surface area (Å²) < 4.78 is 27.8. The fourth-order valence-corrected chi connectivity index (χ4v) is 4.82. The minimum atomic E-state index is -3.66. The van der Waals surface area contributed by atoms with Crippen molar-refractivity contribution in [2.45, 2.75) is 13.0 Å². The maximum Gasteiger partial charge on any atom is 0.332 e. The SMILES string of the molecule is COP(=O)(C[C@@H](NC(=O)Nc1ccc(Cl)cc1)C(=O)Nc1ccc(N2CCOCC2=O)c(C)c1)OC. The van der Waals surface area contributed by atoms with Crippen LogP contribution in [-0.2, 0) is 27.9 Å². The van der Waals surface area contributed by atoms with Gasteiger partial charge in [-0.05, 0) is 55.0 Å². The molecular formula is C23H28ClN4O7P. The van der Waals surface area contributed by atoms with E-state index < -0.39 is 31.7 Å². The average molecular weight is 539 g/mol. The molecular weight excluding hydrogens is 511 g/mol. The summed E-state index contributed by atoms with van der Waals surface area (Å²) in [4.78, 5) is 39.5. The molecule has 0 bridgehead atoms. The van der Waals surface area contributed by atoms with E-state index in [1.54, 1.807) is 47.4 Å². The van der Waals surface area contributed by atoms with Gasteiger partial charge in [0.2, 0.25) is 5.91 Å². The van der Waals surface area contributed by atoms with Crippen LogP contribution in [0.4, 0.5) is 21.9 Å². The second-order valence-electron chi connectivity index (χ2n) is 7.91. The van der Waals surface area contributed by atoms with Gasteiger partial charge in [-0.2, -0.15) is 0 Å². The molecule has 0 spiro atoms. The highest BCUT2D eigenvalue weighted by Crippen LogP contribution is 2.46. The van der Waals surface area contributed by atoms with E-state index in [0.29, 0.717) is 35.2 Å². The van der Waals surface area contributed by atoms with Crippen molar-refractivity contribution in [1.29, 1.82) is 0 Å². The van der Waals surface area contributed by atoms with E-state index in [2.05, 4.69) is 16.0 Å². The van der Waals surface area contributed by atoms with Crippen LogP contribution in [0.5, 0.6) is 0 Å². The first-order chi connectivity index (χ1) is 17.1. The Labute approximate surface area is 213 Å². The summed E-state index contributed by atoms with van der Waals surface area (Å²) in [5, 5.41) is 8.31. The molecule has 1 heterocycles. The Morgan fingerprint density at radius 1 is 1.11 bits per heavy atom. The molecule has 0 unspecified atom stereocenters. The molecule has 11 nitrogen and oxygen atoms in total. The lowest BCUT2D eigenvalue weighted by atomic mass is 10.1. The van der Waals surface area contributed by atoms with Gasteiger partial charge in [-0.3, -0.25) is 14.2 Å². The van der Waals surface area contributed by atoms with Crippen LogP contribution in [-0.4, -0.2) is 64.0 Å². The molecule has 13 heteroatoms.